The molecule has 3 heteroatoms. The first-order valence-corrected chi connectivity index (χ1v) is 13.3. The van der Waals surface area contributed by atoms with Gasteiger partial charge in [-0.1, -0.05) is 35.1 Å². The van der Waals surface area contributed by atoms with Gasteiger partial charge in [0.25, 0.3) is 0 Å². The standard InChI is InChI=1S/C25H39IO2/c1-5-25(24(3,4)28-16(2)15-26)13-12-21-20-11-9-19(27)14-18(20)8-10-22(21)23(25)17-6-7-17/h14,16-17,20-23H,5-13,15H2,1-4H3. The second-order valence-electron chi connectivity index (χ2n) is 10.7. The van der Waals surface area contributed by atoms with Crippen molar-refractivity contribution in [3.63, 3.8) is 0 Å². The van der Waals surface area contributed by atoms with E-state index in [1.807, 2.05) is 6.08 Å². The van der Waals surface area contributed by atoms with Gasteiger partial charge in [0.1, 0.15) is 0 Å². The van der Waals surface area contributed by atoms with E-state index in [9.17, 15) is 4.79 Å². The Balaban J connectivity index is 1.66. The maximum atomic E-state index is 12.0. The topological polar surface area (TPSA) is 26.3 Å². The lowest BCUT2D eigenvalue weighted by Crippen LogP contribution is -2.58. The van der Waals surface area contributed by atoms with Crippen molar-refractivity contribution in [3.8, 4) is 0 Å². The molecule has 3 saturated carbocycles. The molecule has 0 aromatic rings. The first-order valence-electron chi connectivity index (χ1n) is 11.8. The van der Waals surface area contributed by atoms with Crippen LogP contribution in [0.4, 0.5) is 0 Å². The summed E-state index contributed by atoms with van der Waals surface area (Å²) >= 11 is 2.47. The third-order valence-corrected chi connectivity index (χ3v) is 10.3. The molecule has 0 amide bonds. The van der Waals surface area contributed by atoms with Crippen LogP contribution >= 0.6 is 22.6 Å². The summed E-state index contributed by atoms with van der Waals surface area (Å²) in [7, 11) is 0. The lowest BCUT2D eigenvalue weighted by molar-refractivity contribution is -0.198. The lowest BCUT2D eigenvalue weighted by Gasteiger charge is -2.61. The van der Waals surface area contributed by atoms with Gasteiger partial charge in [0.2, 0.25) is 0 Å². The molecule has 0 N–H and O–H groups in total. The van der Waals surface area contributed by atoms with Crippen molar-refractivity contribution in [2.24, 2.45) is 35.0 Å². The van der Waals surface area contributed by atoms with Crippen molar-refractivity contribution in [1.29, 1.82) is 0 Å². The normalized spacial score (nSPS) is 39.8. The van der Waals surface area contributed by atoms with Gasteiger partial charge in [-0.3, -0.25) is 4.79 Å². The highest BCUT2D eigenvalue weighted by atomic mass is 127. The number of rotatable bonds is 6. The van der Waals surface area contributed by atoms with Gasteiger partial charge in [-0.2, -0.15) is 0 Å². The number of allylic oxidation sites excluding steroid dienone is 2. The summed E-state index contributed by atoms with van der Waals surface area (Å²) in [5.41, 5.74) is 1.75. The minimum Gasteiger partial charge on any atom is -0.371 e. The molecule has 0 bridgehead atoms. The molecule has 0 saturated heterocycles. The van der Waals surface area contributed by atoms with Crippen LogP contribution in [0.25, 0.3) is 0 Å². The smallest absolute Gasteiger partial charge is 0.155 e. The largest absolute Gasteiger partial charge is 0.371 e. The number of hydrogen-bond donors (Lipinski definition) is 0. The molecule has 0 aromatic carbocycles. The van der Waals surface area contributed by atoms with Crippen molar-refractivity contribution in [2.45, 2.75) is 97.2 Å². The first-order chi connectivity index (χ1) is 13.3. The van der Waals surface area contributed by atoms with Crippen LogP contribution < -0.4 is 0 Å². The van der Waals surface area contributed by atoms with Crippen LogP contribution in [0.1, 0.15) is 85.5 Å². The summed E-state index contributed by atoms with van der Waals surface area (Å²) in [6, 6.07) is 0. The zero-order chi connectivity index (χ0) is 20.1. The number of alkyl halides is 1. The van der Waals surface area contributed by atoms with Gasteiger partial charge in [0, 0.05) is 16.3 Å². The van der Waals surface area contributed by atoms with Gasteiger partial charge in [-0.25, -0.2) is 0 Å². The fourth-order valence-corrected chi connectivity index (χ4v) is 7.95. The van der Waals surface area contributed by atoms with Gasteiger partial charge in [0.05, 0.1) is 11.7 Å². The quantitative estimate of drug-likeness (QED) is 0.299. The van der Waals surface area contributed by atoms with Gasteiger partial charge < -0.3 is 4.74 Å². The predicted molar refractivity (Wildman–Crippen MR) is 124 cm³/mol. The van der Waals surface area contributed by atoms with Crippen LogP contribution in [0.5, 0.6) is 0 Å². The number of ketones is 1. The van der Waals surface area contributed by atoms with Crippen molar-refractivity contribution in [2.75, 3.05) is 4.43 Å². The molecule has 0 aliphatic heterocycles. The average Bonchev–Trinajstić information content (AvgIpc) is 3.50. The Morgan fingerprint density at radius 2 is 1.93 bits per heavy atom. The highest BCUT2D eigenvalue weighted by Crippen LogP contribution is 2.66. The van der Waals surface area contributed by atoms with E-state index in [1.165, 1.54) is 50.5 Å². The third-order valence-electron chi connectivity index (χ3n) is 9.05. The first kappa shape index (κ1) is 21.3. The Morgan fingerprint density at radius 1 is 1.18 bits per heavy atom. The summed E-state index contributed by atoms with van der Waals surface area (Å²) in [5, 5.41) is 0. The van der Waals surface area contributed by atoms with Gasteiger partial charge in [-0.15, -0.1) is 0 Å². The van der Waals surface area contributed by atoms with E-state index in [0.717, 1.165) is 40.9 Å². The van der Waals surface area contributed by atoms with Crippen LogP contribution in [-0.2, 0) is 9.53 Å². The van der Waals surface area contributed by atoms with Crippen molar-refractivity contribution in [1.82, 2.24) is 0 Å². The molecule has 0 heterocycles. The van der Waals surface area contributed by atoms with Gasteiger partial charge in [0.15, 0.2) is 5.78 Å². The number of hydrogen-bond acceptors (Lipinski definition) is 2. The molecular formula is C25H39IO2. The Kier molecular flexibility index (Phi) is 6.08. The zero-order valence-corrected chi connectivity index (χ0v) is 20.5. The molecule has 4 rings (SSSR count). The maximum Gasteiger partial charge on any atom is 0.155 e. The number of carbonyl (C=O) groups is 1. The fraction of sp³-hybridized carbons (Fsp3) is 0.880. The lowest BCUT2D eigenvalue weighted by atomic mass is 9.46. The van der Waals surface area contributed by atoms with Crippen LogP contribution in [0, 0.1) is 35.0 Å². The molecule has 3 fully saturated rings. The maximum absolute atomic E-state index is 12.0. The number of ether oxygens (including phenoxy) is 1. The van der Waals surface area contributed by atoms with Crippen molar-refractivity contribution < 1.29 is 9.53 Å². The third kappa shape index (κ3) is 3.55. The number of halogens is 1. The summed E-state index contributed by atoms with van der Waals surface area (Å²) in [4.78, 5) is 12.0. The van der Waals surface area contributed by atoms with Gasteiger partial charge >= 0.3 is 0 Å². The highest BCUT2D eigenvalue weighted by molar-refractivity contribution is 14.1. The van der Waals surface area contributed by atoms with E-state index < -0.39 is 0 Å². The molecule has 6 atom stereocenters. The zero-order valence-electron chi connectivity index (χ0n) is 18.3. The molecule has 0 aromatic heterocycles. The average molecular weight is 498 g/mol. The molecule has 6 unspecified atom stereocenters. The highest BCUT2D eigenvalue weighted by Gasteiger charge is 2.61. The van der Waals surface area contributed by atoms with Crippen molar-refractivity contribution in [3.05, 3.63) is 11.6 Å². The molecule has 4 aliphatic rings. The number of fused-ring (bicyclic) bond motifs is 3. The van der Waals surface area contributed by atoms with E-state index in [0.29, 0.717) is 23.2 Å². The Labute approximate surface area is 185 Å². The van der Waals surface area contributed by atoms with E-state index in [1.54, 1.807) is 0 Å². The minimum absolute atomic E-state index is 0.0663. The van der Waals surface area contributed by atoms with Crippen LogP contribution in [0.2, 0.25) is 0 Å². The van der Waals surface area contributed by atoms with E-state index in [4.69, 9.17) is 4.74 Å². The van der Waals surface area contributed by atoms with Gasteiger partial charge in [-0.05, 0) is 108 Å². The second kappa shape index (κ2) is 7.98. The van der Waals surface area contributed by atoms with E-state index in [2.05, 4.69) is 50.3 Å². The number of carbonyl (C=O) groups excluding carboxylic acids is 1. The van der Waals surface area contributed by atoms with Crippen LogP contribution in [0.15, 0.2) is 11.6 Å². The molecule has 158 valence electrons. The summed E-state index contributed by atoms with van der Waals surface area (Å²) in [6.45, 7) is 9.49. The fourth-order valence-electron chi connectivity index (χ4n) is 7.77. The summed E-state index contributed by atoms with van der Waals surface area (Å²) in [5.74, 6) is 4.47. The minimum atomic E-state index is -0.0663. The van der Waals surface area contributed by atoms with E-state index >= 15 is 0 Å². The Hall–Kier alpha value is 0.1000. The molecule has 28 heavy (non-hydrogen) atoms. The monoisotopic (exact) mass is 498 g/mol. The summed E-state index contributed by atoms with van der Waals surface area (Å²) < 4.78 is 7.83. The molecule has 0 spiro atoms. The van der Waals surface area contributed by atoms with Crippen LogP contribution in [0.3, 0.4) is 0 Å². The Bertz CT molecular complexity index is 634. The van der Waals surface area contributed by atoms with Crippen molar-refractivity contribution >= 4 is 28.4 Å². The molecule has 0 radical (unpaired) electrons. The van der Waals surface area contributed by atoms with E-state index in [-0.39, 0.29) is 5.60 Å². The van der Waals surface area contributed by atoms with Crippen LogP contribution in [-0.4, -0.2) is 21.9 Å². The molecule has 4 aliphatic carbocycles. The second-order valence-corrected chi connectivity index (χ2v) is 11.6. The predicted octanol–water partition coefficient (Wildman–Crippen LogP) is 6.75. The summed E-state index contributed by atoms with van der Waals surface area (Å²) in [6.07, 6.45) is 13.5. The SMILES string of the molecule is CCC1(C(C)(C)OC(C)CI)CCC2C3CCC(=O)C=C3CCC2C1C1CC1. The molecular weight excluding hydrogens is 459 g/mol. The Morgan fingerprint density at radius 3 is 2.57 bits per heavy atom. The molecule has 2 nitrogen and oxygen atoms in total.